The van der Waals surface area contributed by atoms with Crippen LogP contribution in [-0.4, -0.2) is 25.5 Å². The molecule has 1 aromatic carbocycles. The largest absolute Gasteiger partial charge is 0.478 e. The number of benzene rings is 1. The quantitative estimate of drug-likeness (QED) is 0.871. The molecule has 0 saturated heterocycles. The SMILES string of the molecule is CCC1CC1NS(=O)(=O)c1cc(C(=O)O)cc(C)c1C. The Morgan fingerprint density at radius 1 is 1.40 bits per heavy atom. The summed E-state index contributed by atoms with van der Waals surface area (Å²) in [4.78, 5) is 11.1. The van der Waals surface area contributed by atoms with E-state index in [1.165, 1.54) is 12.1 Å². The number of carboxylic acids is 1. The van der Waals surface area contributed by atoms with Crippen molar-refractivity contribution in [1.29, 1.82) is 0 Å². The minimum absolute atomic E-state index is 0.00341. The first-order chi connectivity index (χ1) is 9.26. The van der Waals surface area contributed by atoms with Gasteiger partial charge in [-0.25, -0.2) is 17.9 Å². The van der Waals surface area contributed by atoms with E-state index in [4.69, 9.17) is 5.11 Å². The predicted octanol–water partition coefficient (Wildman–Crippen LogP) is 2.08. The van der Waals surface area contributed by atoms with Crippen molar-refractivity contribution in [3.8, 4) is 0 Å². The fourth-order valence-electron chi connectivity index (χ4n) is 2.34. The molecule has 0 bridgehead atoms. The fourth-order valence-corrected chi connectivity index (χ4v) is 4.00. The predicted molar refractivity (Wildman–Crippen MR) is 75.4 cm³/mol. The zero-order valence-corrected chi connectivity index (χ0v) is 12.6. The van der Waals surface area contributed by atoms with Crippen molar-refractivity contribution < 1.29 is 18.3 Å². The van der Waals surface area contributed by atoms with Crippen molar-refractivity contribution in [3.63, 3.8) is 0 Å². The molecule has 0 amide bonds. The molecule has 0 heterocycles. The van der Waals surface area contributed by atoms with Gasteiger partial charge < -0.3 is 5.11 Å². The van der Waals surface area contributed by atoms with E-state index < -0.39 is 16.0 Å². The average molecular weight is 297 g/mol. The lowest BCUT2D eigenvalue weighted by atomic mass is 10.1. The van der Waals surface area contributed by atoms with Gasteiger partial charge in [-0.05, 0) is 49.4 Å². The molecule has 20 heavy (non-hydrogen) atoms. The molecule has 1 aromatic rings. The van der Waals surface area contributed by atoms with E-state index in [1.54, 1.807) is 13.8 Å². The number of hydrogen-bond acceptors (Lipinski definition) is 3. The molecule has 2 unspecified atom stereocenters. The monoisotopic (exact) mass is 297 g/mol. The standard InChI is InChI=1S/C14H19NO4S/c1-4-10-6-12(10)15-20(18,19)13-7-11(14(16)17)5-8(2)9(13)3/h5,7,10,12,15H,4,6H2,1-3H3,(H,16,17). The Labute approximate surface area is 119 Å². The van der Waals surface area contributed by atoms with Gasteiger partial charge in [0.25, 0.3) is 0 Å². The first-order valence-electron chi connectivity index (χ1n) is 6.63. The van der Waals surface area contributed by atoms with Gasteiger partial charge in [-0.1, -0.05) is 13.3 Å². The molecule has 6 heteroatoms. The number of aryl methyl sites for hydroxylation is 1. The summed E-state index contributed by atoms with van der Waals surface area (Å²) >= 11 is 0. The van der Waals surface area contributed by atoms with Crippen molar-refractivity contribution in [3.05, 3.63) is 28.8 Å². The Bertz CT molecular complexity index is 651. The third kappa shape index (κ3) is 2.86. The van der Waals surface area contributed by atoms with Crippen LogP contribution in [0.4, 0.5) is 0 Å². The van der Waals surface area contributed by atoms with Gasteiger partial charge in [0.15, 0.2) is 0 Å². The topological polar surface area (TPSA) is 83.5 Å². The van der Waals surface area contributed by atoms with Gasteiger partial charge in [-0.15, -0.1) is 0 Å². The maximum Gasteiger partial charge on any atom is 0.335 e. The van der Waals surface area contributed by atoms with Crippen LogP contribution in [0.1, 0.15) is 41.3 Å². The molecule has 5 nitrogen and oxygen atoms in total. The average Bonchev–Trinajstić information content (AvgIpc) is 3.09. The second-order valence-corrected chi connectivity index (χ2v) is 7.04. The van der Waals surface area contributed by atoms with E-state index >= 15 is 0 Å². The smallest absolute Gasteiger partial charge is 0.335 e. The summed E-state index contributed by atoms with van der Waals surface area (Å²) < 4.78 is 27.4. The van der Waals surface area contributed by atoms with Crippen LogP contribution in [0.15, 0.2) is 17.0 Å². The van der Waals surface area contributed by atoms with E-state index in [-0.39, 0.29) is 16.5 Å². The first kappa shape index (κ1) is 15.0. The third-order valence-corrected chi connectivity index (χ3v) is 5.53. The summed E-state index contributed by atoms with van der Waals surface area (Å²) in [6.45, 7) is 5.44. The molecular weight excluding hydrogens is 278 g/mol. The van der Waals surface area contributed by atoms with Crippen LogP contribution in [-0.2, 0) is 10.0 Å². The molecule has 0 aromatic heterocycles. The van der Waals surface area contributed by atoms with Crippen LogP contribution >= 0.6 is 0 Å². The Morgan fingerprint density at radius 3 is 2.55 bits per heavy atom. The highest BCUT2D eigenvalue weighted by atomic mass is 32.2. The lowest BCUT2D eigenvalue weighted by Crippen LogP contribution is -2.28. The summed E-state index contributed by atoms with van der Waals surface area (Å²) in [7, 11) is -3.66. The maximum absolute atomic E-state index is 12.4. The Kier molecular flexibility index (Phi) is 3.88. The van der Waals surface area contributed by atoms with Gasteiger partial charge in [0.1, 0.15) is 0 Å². The number of sulfonamides is 1. The fraction of sp³-hybridized carbons (Fsp3) is 0.500. The van der Waals surface area contributed by atoms with Gasteiger partial charge in [0.05, 0.1) is 10.5 Å². The second kappa shape index (κ2) is 5.18. The van der Waals surface area contributed by atoms with Crippen LogP contribution in [0.5, 0.6) is 0 Å². The van der Waals surface area contributed by atoms with E-state index in [9.17, 15) is 13.2 Å². The molecule has 2 rings (SSSR count). The summed E-state index contributed by atoms with van der Waals surface area (Å²) in [5, 5.41) is 9.05. The molecule has 1 fully saturated rings. The van der Waals surface area contributed by atoms with Crippen molar-refractivity contribution in [2.45, 2.75) is 44.6 Å². The minimum Gasteiger partial charge on any atom is -0.478 e. The van der Waals surface area contributed by atoms with E-state index in [1.807, 2.05) is 6.92 Å². The number of carboxylic acid groups (broad SMARTS) is 1. The highest BCUT2D eigenvalue weighted by molar-refractivity contribution is 7.89. The maximum atomic E-state index is 12.4. The lowest BCUT2D eigenvalue weighted by molar-refractivity contribution is 0.0696. The zero-order chi connectivity index (χ0) is 15.1. The van der Waals surface area contributed by atoms with Gasteiger partial charge in [0, 0.05) is 6.04 Å². The first-order valence-corrected chi connectivity index (χ1v) is 8.11. The second-order valence-electron chi connectivity index (χ2n) is 5.35. The number of aromatic carboxylic acids is 1. The summed E-state index contributed by atoms with van der Waals surface area (Å²) in [6, 6.07) is 2.71. The molecule has 110 valence electrons. The molecule has 0 aliphatic heterocycles. The summed E-state index contributed by atoms with van der Waals surface area (Å²) in [6.07, 6.45) is 1.80. The highest BCUT2D eigenvalue weighted by Gasteiger charge is 2.39. The summed E-state index contributed by atoms with van der Waals surface area (Å²) in [5.41, 5.74) is 1.25. The number of nitrogens with one attached hydrogen (secondary N) is 1. The van der Waals surface area contributed by atoms with E-state index in [0.29, 0.717) is 17.0 Å². The molecule has 2 atom stereocenters. The number of carbonyl (C=O) groups is 1. The van der Waals surface area contributed by atoms with Gasteiger partial charge in [-0.3, -0.25) is 0 Å². The van der Waals surface area contributed by atoms with Crippen molar-refractivity contribution >= 4 is 16.0 Å². The molecule has 1 saturated carbocycles. The van der Waals surface area contributed by atoms with Crippen molar-refractivity contribution in [2.24, 2.45) is 5.92 Å². The Hall–Kier alpha value is -1.40. The lowest BCUT2D eigenvalue weighted by Gasteiger charge is -2.12. The molecular formula is C14H19NO4S. The molecule has 1 aliphatic rings. The normalized spacial score (nSPS) is 21.8. The highest BCUT2D eigenvalue weighted by Crippen LogP contribution is 2.35. The van der Waals surface area contributed by atoms with Gasteiger partial charge in [0.2, 0.25) is 10.0 Å². The Morgan fingerprint density at radius 2 is 2.05 bits per heavy atom. The van der Waals surface area contributed by atoms with Crippen LogP contribution in [0.2, 0.25) is 0 Å². The molecule has 0 radical (unpaired) electrons. The van der Waals surface area contributed by atoms with Crippen LogP contribution < -0.4 is 4.72 Å². The third-order valence-electron chi connectivity index (χ3n) is 3.91. The van der Waals surface area contributed by atoms with Crippen molar-refractivity contribution in [1.82, 2.24) is 4.72 Å². The molecule has 0 spiro atoms. The van der Waals surface area contributed by atoms with E-state index in [0.717, 1.165) is 12.8 Å². The van der Waals surface area contributed by atoms with Crippen LogP contribution in [0.3, 0.4) is 0 Å². The molecule has 2 N–H and O–H groups in total. The Balaban J connectivity index is 2.38. The number of hydrogen-bond donors (Lipinski definition) is 2. The minimum atomic E-state index is -3.66. The number of rotatable bonds is 5. The van der Waals surface area contributed by atoms with Crippen LogP contribution in [0.25, 0.3) is 0 Å². The zero-order valence-electron chi connectivity index (χ0n) is 11.8. The van der Waals surface area contributed by atoms with Gasteiger partial charge >= 0.3 is 5.97 Å². The van der Waals surface area contributed by atoms with Crippen molar-refractivity contribution in [2.75, 3.05) is 0 Å². The molecule has 1 aliphatic carbocycles. The van der Waals surface area contributed by atoms with E-state index in [2.05, 4.69) is 4.72 Å². The van der Waals surface area contributed by atoms with Crippen LogP contribution in [0, 0.1) is 19.8 Å². The van der Waals surface area contributed by atoms with Gasteiger partial charge in [-0.2, -0.15) is 0 Å². The summed E-state index contributed by atoms with van der Waals surface area (Å²) in [5.74, 6) is -0.726.